The molecule has 4 nitrogen and oxygen atoms in total. The molecular weight excluding hydrogens is 335 g/mol. The highest BCUT2D eigenvalue weighted by Crippen LogP contribution is 2.30. The Hall–Kier alpha value is -2.41. The van der Waals surface area contributed by atoms with Crippen LogP contribution in [0.2, 0.25) is 0 Å². The highest BCUT2D eigenvalue weighted by atomic mass is 19.3. The van der Waals surface area contributed by atoms with Gasteiger partial charge in [-0.3, -0.25) is 0 Å². The molecule has 1 atom stereocenters. The van der Waals surface area contributed by atoms with Crippen LogP contribution in [0.25, 0.3) is 0 Å². The van der Waals surface area contributed by atoms with Crippen LogP contribution in [0.5, 0.6) is 17.2 Å². The fourth-order valence-corrected chi connectivity index (χ4v) is 2.44. The van der Waals surface area contributed by atoms with Crippen molar-refractivity contribution in [3.8, 4) is 17.2 Å². The number of benzene rings is 2. The average molecular weight is 355 g/mol. The summed E-state index contributed by atoms with van der Waals surface area (Å²) < 4.78 is 53.2. The van der Waals surface area contributed by atoms with Gasteiger partial charge in [0, 0.05) is 18.2 Å². The molecule has 0 aliphatic carbocycles. The first-order valence-corrected chi connectivity index (χ1v) is 7.63. The fourth-order valence-electron chi connectivity index (χ4n) is 2.44. The summed E-state index contributed by atoms with van der Waals surface area (Å²) in [6.45, 7) is -0.713. The van der Waals surface area contributed by atoms with Crippen LogP contribution >= 0.6 is 0 Å². The van der Waals surface area contributed by atoms with E-state index in [0.717, 1.165) is 5.56 Å². The van der Waals surface area contributed by atoms with Gasteiger partial charge in [-0.2, -0.15) is 8.78 Å². The third-order valence-corrected chi connectivity index (χ3v) is 3.71. The van der Waals surface area contributed by atoms with Crippen molar-refractivity contribution in [3.63, 3.8) is 0 Å². The number of hydrogen-bond acceptors (Lipinski definition) is 4. The van der Waals surface area contributed by atoms with Crippen LogP contribution in [-0.4, -0.2) is 20.8 Å². The molecule has 0 aromatic heterocycles. The minimum absolute atomic E-state index is 0.0345. The molecule has 0 aliphatic rings. The molecule has 0 fully saturated rings. The molecule has 2 rings (SSSR count). The van der Waals surface area contributed by atoms with Gasteiger partial charge in [-0.1, -0.05) is 6.07 Å². The average Bonchev–Trinajstić information content (AvgIpc) is 2.59. The van der Waals surface area contributed by atoms with Crippen molar-refractivity contribution in [2.45, 2.75) is 26.1 Å². The van der Waals surface area contributed by atoms with E-state index in [9.17, 15) is 13.2 Å². The Bertz CT molecular complexity index is 710. The fraction of sp³-hybridized carbons (Fsp3) is 0.333. The van der Waals surface area contributed by atoms with E-state index < -0.39 is 6.61 Å². The molecule has 1 N–H and O–H groups in total. The van der Waals surface area contributed by atoms with Crippen LogP contribution in [0.1, 0.15) is 24.1 Å². The minimum atomic E-state index is -2.94. The van der Waals surface area contributed by atoms with E-state index in [-0.39, 0.29) is 23.4 Å². The van der Waals surface area contributed by atoms with Gasteiger partial charge in [0.1, 0.15) is 11.6 Å². The van der Waals surface area contributed by atoms with Gasteiger partial charge in [-0.15, -0.1) is 0 Å². The lowest BCUT2D eigenvalue weighted by Gasteiger charge is -2.18. The first kappa shape index (κ1) is 18.9. The molecule has 0 saturated carbocycles. The predicted molar refractivity (Wildman–Crippen MR) is 87.8 cm³/mol. The van der Waals surface area contributed by atoms with Crippen LogP contribution in [0.4, 0.5) is 13.2 Å². The van der Waals surface area contributed by atoms with Gasteiger partial charge in [-0.05, 0) is 42.8 Å². The van der Waals surface area contributed by atoms with E-state index in [4.69, 9.17) is 9.47 Å². The molecule has 0 aliphatic heterocycles. The highest BCUT2D eigenvalue weighted by molar-refractivity contribution is 5.43. The zero-order chi connectivity index (χ0) is 18.4. The van der Waals surface area contributed by atoms with Gasteiger partial charge >= 0.3 is 6.61 Å². The third kappa shape index (κ3) is 5.03. The maximum absolute atomic E-state index is 13.5. The highest BCUT2D eigenvalue weighted by Gasteiger charge is 2.14. The molecule has 0 spiro atoms. The van der Waals surface area contributed by atoms with Gasteiger partial charge in [-0.25, -0.2) is 4.39 Å². The standard InChI is InChI=1S/C18H20F3NO3/c1-11(14-9-13(19)5-7-15(14)23-2)22-10-12-4-6-16(24-3)17(8-12)25-18(20)21/h4-9,11,18,22H,10H2,1-3H3. The van der Waals surface area contributed by atoms with Crippen molar-refractivity contribution in [1.82, 2.24) is 5.32 Å². The van der Waals surface area contributed by atoms with Crippen molar-refractivity contribution >= 4 is 0 Å². The Morgan fingerprint density at radius 1 is 0.960 bits per heavy atom. The summed E-state index contributed by atoms with van der Waals surface area (Å²) in [7, 11) is 2.89. The van der Waals surface area contributed by atoms with E-state index in [1.807, 2.05) is 6.92 Å². The molecule has 0 saturated heterocycles. The zero-order valence-corrected chi connectivity index (χ0v) is 14.2. The van der Waals surface area contributed by atoms with Crippen LogP contribution in [0, 0.1) is 5.82 Å². The van der Waals surface area contributed by atoms with Crippen molar-refractivity contribution < 1.29 is 27.4 Å². The van der Waals surface area contributed by atoms with Crippen LogP contribution in [-0.2, 0) is 6.54 Å². The first-order chi connectivity index (χ1) is 11.9. The molecule has 1 unspecified atom stereocenters. The number of hydrogen-bond donors (Lipinski definition) is 1. The second kappa shape index (κ2) is 8.62. The lowest BCUT2D eigenvalue weighted by atomic mass is 10.1. The van der Waals surface area contributed by atoms with Gasteiger partial charge in [0.15, 0.2) is 11.5 Å². The van der Waals surface area contributed by atoms with Gasteiger partial charge in [0.05, 0.1) is 14.2 Å². The van der Waals surface area contributed by atoms with Crippen molar-refractivity contribution in [1.29, 1.82) is 0 Å². The van der Waals surface area contributed by atoms with Crippen LogP contribution in [0.3, 0.4) is 0 Å². The number of nitrogens with one attached hydrogen (secondary N) is 1. The Morgan fingerprint density at radius 3 is 2.28 bits per heavy atom. The summed E-state index contributed by atoms with van der Waals surface area (Å²) in [6.07, 6.45) is 0. The number of ether oxygens (including phenoxy) is 3. The predicted octanol–water partition coefficient (Wildman–Crippen LogP) is 4.30. The quantitative estimate of drug-likeness (QED) is 0.767. The summed E-state index contributed by atoms with van der Waals surface area (Å²) >= 11 is 0. The van der Waals surface area contributed by atoms with E-state index in [1.54, 1.807) is 18.2 Å². The maximum Gasteiger partial charge on any atom is 0.387 e. The second-order valence-corrected chi connectivity index (χ2v) is 5.35. The molecule has 0 radical (unpaired) electrons. The first-order valence-electron chi connectivity index (χ1n) is 7.63. The summed E-state index contributed by atoms with van der Waals surface area (Å²) in [5.74, 6) is 0.399. The Labute approximate surface area is 144 Å². The normalized spacial score (nSPS) is 12.1. The molecule has 0 amide bonds. The number of halogens is 3. The molecule has 0 heterocycles. The molecule has 2 aromatic carbocycles. The van der Waals surface area contributed by atoms with Crippen molar-refractivity contribution in [2.24, 2.45) is 0 Å². The van der Waals surface area contributed by atoms with E-state index in [0.29, 0.717) is 17.9 Å². The minimum Gasteiger partial charge on any atom is -0.496 e. The van der Waals surface area contributed by atoms with Crippen molar-refractivity contribution in [2.75, 3.05) is 14.2 Å². The molecule has 0 bridgehead atoms. The monoisotopic (exact) mass is 355 g/mol. The summed E-state index contributed by atoms with van der Waals surface area (Å²) in [4.78, 5) is 0. The Balaban J connectivity index is 2.11. The van der Waals surface area contributed by atoms with Gasteiger partial charge in [0.25, 0.3) is 0 Å². The molecule has 7 heteroatoms. The Morgan fingerprint density at radius 2 is 1.64 bits per heavy atom. The molecule has 25 heavy (non-hydrogen) atoms. The second-order valence-electron chi connectivity index (χ2n) is 5.35. The largest absolute Gasteiger partial charge is 0.496 e. The SMILES string of the molecule is COc1ccc(CNC(C)c2cc(F)ccc2OC)cc1OC(F)F. The van der Waals surface area contributed by atoms with E-state index in [1.165, 1.54) is 32.4 Å². The summed E-state index contributed by atoms with van der Waals surface area (Å²) in [6, 6.07) is 8.84. The third-order valence-electron chi connectivity index (χ3n) is 3.71. The van der Waals surface area contributed by atoms with Crippen LogP contribution < -0.4 is 19.5 Å². The van der Waals surface area contributed by atoms with E-state index in [2.05, 4.69) is 10.1 Å². The smallest absolute Gasteiger partial charge is 0.387 e. The number of methoxy groups -OCH3 is 2. The lowest BCUT2D eigenvalue weighted by Crippen LogP contribution is -2.19. The Kier molecular flexibility index (Phi) is 6.52. The van der Waals surface area contributed by atoms with Gasteiger partial charge < -0.3 is 19.5 Å². The zero-order valence-electron chi connectivity index (χ0n) is 14.2. The number of rotatable bonds is 8. The summed E-state index contributed by atoms with van der Waals surface area (Å²) in [5.41, 5.74) is 1.39. The topological polar surface area (TPSA) is 39.7 Å². The van der Waals surface area contributed by atoms with E-state index >= 15 is 0 Å². The lowest BCUT2D eigenvalue weighted by molar-refractivity contribution is -0.0512. The number of alkyl halides is 2. The summed E-state index contributed by atoms with van der Waals surface area (Å²) in [5, 5.41) is 3.20. The van der Waals surface area contributed by atoms with Crippen LogP contribution in [0.15, 0.2) is 36.4 Å². The molecular formula is C18H20F3NO3. The molecule has 136 valence electrons. The van der Waals surface area contributed by atoms with Gasteiger partial charge in [0.2, 0.25) is 0 Å². The molecule has 2 aromatic rings. The maximum atomic E-state index is 13.5. The van der Waals surface area contributed by atoms with Crippen molar-refractivity contribution in [3.05, 3.63) is 53.3 Å².